The van der Waals surface area contributed by atoms with Gasteiger partial charge in [-0.1, -0.05) is 26.0 Å². The van der Waals surface area contributed by atoms with Crippen LogP contribution in [0, 0.1) is 5.92 Å². The normalized spacial score (nSPS) is 10.7. The summed E-state index contributed by atoms with van der Waals surface area (Å²) in [6.45, 7) is 8.56. The zero-order chi connectivity index (χ0) is 19.1. The van der Waals surface area contributed by atoms with E-state index in [1.54, 1.807) is 30.3 Å². The van der Waals surface area contributed by atoms with Crippen LogP contribution in [0.15, 0.2) is 48.5 Å². The molecule has 0 aromatic heterocycles. The van der Waals surface area contributed by atoms with Gasteiger partial charge in [0.15, 0.2) is 0 Å². The smallest absolute Gasteiger partial charge is 0.255 e. The minimum absolute atomic E-state index is 0.0108. The molecule has 0 radical (unpaired) electrons. The van der Waals surface area contributed by atoms with Crippen LogP contribution in [-0.4, -0.2) is 24.5 Å². The molecule has 0 aliphatic rings. The van der Waals surface area contributed by atoms with Crippen molar-refractivity contribution in [1.29, 1.82) is 0 Å². The van der Waals surface area contributed by atoms with Gasteiger partial charge >= 0.3 is 0 Å². The zero-order valence-corrected chi connectivity index (χ0v) is 15.7. The highest BCUT2D eigenvalue weighted by atomic mass is 16.5. The van der Waals surface area contributed by atoms with Crippen LogP contribution >= 0.6 is 0 Å². The maximum atomic E-state index is 12.5. The van der Waals surface area contributed by atoms with Crippen molar-refractivity contribution in [3.8, 4) is 5.75 Å². The molecule has 0 atom stereocenters. The van der Waals surface area contributed by atoms with Gasteiger partial charge in [-0.2, -0.15) is 0 Å². The molecule has 0 heterocycles. The van der Waals surface area contributed by atoms with Crippen molar-refractivity contribution < 1.29 is 14.3 Å². The fourth-order valence-electron chi connectivity index (χ4n) is 2.29. The summed E-state index contributed by atoms with van der Waals surface area (Å²) in [6, 6.07) is 13.9. The molecule has 138 valence electrons. The van der Waals surface area contributed by atoms with Gasteiger partial charge in [-0.3, -0.25) is 9.59 Å². The number of carbonyl (C=O) groups excluding carboxylic acids is 2. The van der Waals surface area contributed by atoms with E-state index in [1.165, 1.54) is 0 Å². The zero-order valence-electron chi connectivity index (χ0n) is 15.7. The molecule has 0 spiro atoms. The van der Waals surface area contributed by atoms with Crippen LogP contribution in [0.4, 0.5) is 5.69 Å². The lowest BCUT2D eigenvalue weighted by Crippen LogP contribution is -2.27. The van der Waals surface area contributed by atoms with Crippen LogP contribution in [0.5, 0.6) is 5.75 Å². The summed E-state index contributed by atoms with van der Waals surface area (Å²) in [5.74, 6) is 0.623. The fraction of sp³-hybridized carbons (Fsp3) is 0.333. The molecule has 2 rings (SSSR count). The highest BCUT2D eigenvalue weighted by Crippen LogP contribution is 2.25. The first-order valence-corrected chi connectivity index (χ1v) is 8.82. The van der Waals surface area contributed by atoms with Crippen molar-refractivity contribution in [3.63, 3.8) is 0 Å². The van der Waals surface area contributed by atoms with Gasteiger partial charge in [0.05, 0.1) is 11.8 Å². The first-order valence-electron chi connectivity index (χ1n) is 8.82. The number of para-hydroxylation sites is 2. The minimum atomic E-state index is -0.251. The number of anilines is 1. The fourth-order valence-corrected chi connectivity index (χ4v) is 2.29. The Hall–Kier alpha value is -2.82. The number of amides is 2. The third-order valence-electron chi connectivity index (χ3n) is 3.58. The Morgan fingerprint density at radius 1 is 0.885 bits per heavy atom. The SMILES string of the molecule is CC(C)CNC(=O)c1ccc(C(=O)Nc2ccccc2OC(C)C)cc1. The molecule has 0 saturated heterocycles. The molecule has 0 unspecified atom stereocenters. The maximum absolute atomic E-state index is 12.5. The lowest BCUT2D eigenvalue weighted by Gasteiger charge is -2.15. The Bertz CT molecular complexity index is 752. The Labute approximate surface area is 154 Å². The lowest BCUT2D eigenvalue weighted by molar-refractivity contribution is 0.0947. The number of hydrogen-bond donors (Lipinski definition) is 2. The summed E-state index contributed by atoms with van der Waals surface area (Å²) in [7, 11) is 0. The standard InChI is InChI=1S/C21H26N2O3/c1-14(2)13-22-20(24)16-9-11-17(12-10-16)21(25)23-18-7-5-6-8-19(18)26-15(3)4/h5-12,14-15H,13H2,1-4H3,(H,22,24)(H,23,25). The molecule has 2 aromatic rings. The number of carbonyl (C=O) groups is 2. The average Bonchev–Trinajstić information content (AvgIpc) is 2.61. The first-order chi connectivity index (χ1) is 12.4. The van der Waals surface area contributed by atoms with Gasteiger partial charge in [0, 0.05) is 17.7 Å². The summed E-state index contributed by atoms with van der Waals surface area (Å²) in [6.07, 6.45) is 0.0108. The molecule has 2 N–H and O–H groups in total. The Kier molecular flexibility index (Phi) is 6.78. The van der Waals surface area contributed by atoms with Gasteiger partial charge < -0.3 is 15.4 Å². The molecule has 26 heavy (non-hydrogen) atoms. The van der Waals surface area contributed by atoms with Gasteiger partial charge in [-0.05, 0) is 56.2 Å². The topological polar surface area (TPSA) is 67.4 Å². The van der Waals surface area contributed by atoms with E-state index in [4.69, 9.17) is 4.74 Å². The molecule has 0 fully saturated rings. The lowest BCUT2D eigenvalue weighted by atomic mass is 10.1. The summed E-state index contributed by atoms with van der Waals surface area (Å²) < 4.78 is 5.71. The maximum Gasteiger partial charge on any atom is 0.255 e. The molecule has 2 amide bonds. The predicted molar refractivity (Wildman–Crippen MR) is 104 cm³/mol. The third-order valence-corrected chi connectivity index (χ3v) is 3.58. The molecule has 2 aromatic carbocycles. The van der Waals surface area contributed by atoms with E-state index in [-0.39, 0.29) is 17.9 Å². The van der Waals surface area contributed by atoms with E-state index in [9.17, 15) is 9.59 Å². The number of ether oxygens (including phenoxy) is 1. The van der Waals surface area contributed by atoms with Gasteiger partial charge in [-0.15, -0.1) is 0 Å². The molecular formula is C21H26N2O3. The van der Waals surface area contributed by atoms with E-state index in [0.717, 1.165) is 0 Å². The van der Waals surface area contributed by atoms with E-state index < -0.39 is 0 Å². The van der Waals surface area contributed by atoms with Crippen molar-refractivity contribution in [1.82, 2.24) is 5.32 Å². The Morgan fingerprint density at radius 2 is 1.46 bits per heavy atom. The van der Waals surface area contributed by atoms with Crippen LogP contribution in [0.25, 0.3) is 0 Å². The molecule has 0 saturated carbocycles. The van der Waals surface area contributed by atoms with Crippen LogP contribution in [0.1, 0.15) is 48.4 Å². The van der Waals surface area contributed by atoms with Crippen LogP contribution < -0.4 is 15.4 Å². The summed E-state index contributed by atoms with van der Waals surface area (Å²) in [5.41, 5.74) is 1.63. The van der Waals surface area contributed by atoms with Crippen molar-refractivity contribution in [2.45, 2.75) is 33.8 Å². The van der Waals surface area contributed by atoms with Crippen LogP contribution in [-0.2, 0) is 0 Å². The number of nitrogens with one attached hydrogen (secondary N) is 2. The molecule has 0 bridgehead atoms. The Balaban J connectivity index is 2.06. The molecular weight excluding hydrogens is 328 g/mol. The summed E-state index contributed by atoms with van der Waals surface area (Å²) in [5, 5.41) is 5.71. The third kappa shape index (κ3) is 5.62. The summed E-state index contributed by atoms with van der Waals surface area (Å²) >= 11 is 0. The van der Waals surface area contributed by atoms with Gasteiger partial charge in [-0.25, -0.2) is 0 Å². The molecule has 5 heteroatoms. The molecule has 0 aliphatic heterocycles. The second kappa shape index (κ2) is 9.04. The van der Waals surface area contributed by atoms with E-state index >= 15 is 0 Å². The van der Waals surface area contributed by atoms with E-state index in [0.29, 0.717) is 35.0 Å². The van der Waals surface area contributed by atoms with Gasteiger partial charge in [0.1, 0.15) is 5.75 Å². The van der Waals surface area contributed by atoms with Crippen molar-refractivity contribution in [2.24, 2.45) is 5.92 Å². The number of rotatable bonds is 7. The minimum Gasteiger partial charge on any atom is -0.489 e. The quantitative estimate of drug-likeness (QED) is 0.786. The van der Waals surface area contributed by atoms with Crippen LogP contribution in [0.2, 0.25) is 0 Å². The Morgan fingerprint density at radius 3 is 2.04 bits per heavy atom. The molecule has 0 aliphatic carbocycles. The second-order valence-electron chi connectivity index (χ2n) is 6.80. The summed E-state index contributed by atoms with van der Waals surface area (Å²) in [4.78, 5) is 24.5. The van der Waals surface area contributed by atoms with Crippen molar-refractivity contribution in [2.75, 3.05) is 11.9 Å². The van der Waals surface area contributed by atoms with Gasteiger partial charge in [0.2, 0.25) is 0 Å². The van der Waals surface area contributed by atoms with Crippen molar-refractivity contribution >= 4 is 17.5 Å². The monoisotopic (exact) mass is 354 g/mol. The highest BCUT2D eigenvalue weighted by molar-refractivity contribution is 6.05. The highest BCUT2D eigenvalue weighted by Gasteiger charge is 2.12. The largest absolute Gasteiger partial charge is 0.489 e. The molecule has 5 nitrogen and oxygen atoms in total. The average molecular weight is 354 g/mol. The van der Waals surface area contributed by atoms with E-state index in [1.807, 2.05) is 45.9 Å². The van der Waals surface area contributed by atoms with Crippen LogP contribution in [0.3, 0.4) is 0 Å². The number of hydrogen-bond acceptors (Lipinski definition) is 3. The van der Waals surface area contributed by atoms with Crippen molar-refractivity contribution in [3.05, 3.63) is 59.7 Å². The predicted octanol–water partition coefficient (Wildman–Crippen LogP) is 4.11. The second-order valence-corrected chi connectivity index (χ2v) is 6.80. The van der Waals surface area contributed by atoms with E-state index in [2.05, 4.69) is 10.6 Å². The number of benzene rings is 2. The first kappa shape index (κ1) is 19.5. The van der Waals surface area contributed by atoms with Gasteiger partial charge in [0.25, 0.3) is 11.8 Å².